The van der Waals surface area contributed by atoms with E-state index in [4.69, 9.17) is 0 Å². The Kier molecular flexibility index (Phi) is 3.67. The lowest BCUT2D eigenvalue weighted by molar-refractivity contribution is -0.124. The molecule has 1 aromatic heterocycles. The van der Waals surface area contributed by atoms with Crippen molar-refractivity contribution in [2.45, 2.75) is 12.8 Å². The summed E-state index contributed by atoms with van der Waals surface area (Å²) in [5.41, 5.74) is 3.77. The first-order valence-corrected chi connectivity index (χ1v) is 9.26. The molecule has 1 fully saturated rings. The number of nitrogens with zero attached hydrogens (tertiary/aromatic N) is 3. The van der Waals surface area contributed by atoms with Crippen LogP contribution in [0.2, 0.25) is 0 Å². The Morgan fingerprint density at radius 2 is 1.81 bits per heavy atom. The molecule has 0 saturated carbocycles. The van der Waals surface area contributed by atoms with Crippen LogP contribution in [0, 0.1) is 5.92 Å². The van der Waals surface area contributed by atoms with Crippen LogP contribution in [-0.2, 0) is 16.0 Å². The van der Waals surface area contributed by atoms with Gasteiger partial charge in [0, 0.05) is 36.8 Å². The summed E-state index contributed by atoms with van der Waals surface area (Å²) in [6.45, 7) is 1.10. The number of hydrogen-bond acceptors (Lipinski definition) is 3. The zero-order chi connectivity index (χ0) is 18.4. The van der Waals surface area contributed by atoms with Gasteiger partial charge in [0.2, 0.25) is 11.8 Å². The van der Waals surface area contributed by atoms with Gasteiger partial charge in [0.05, 0.1) is 17.1 Å². The van der Waals surface area contributed by atoms with Gasteiger partial charge in [-0.1, -0.05) is 36.4 Å². The first kappa shape index (κ1) is 16.0. The molecule has 3 aromatic rings. The van der Waals surface area contributed by atoms with E-state index in [-0.39, 0.29) is 24.2 Å². The maximum absolute atomic E-state index is 13.1. The second-order valence-electron chi connectivity index (χ2n) is 7.13. The number of carbonyl (C=O) groups is 2. The van der Waals surface area contributed by atoms with Crippen LogP contribution in [0.1, 0.15) is 12.0 Å². The zero-order valence-electron chi connectivity index (χ0n) is 14.8. The number of carbonyl (C=O) groups excluding carboxylic acids is 2. The van der Waals surface area contributed by atoms with Gasteiger partial charge in [-0.25, -0.2) is 0 Å². The lowest BCUT2D eigenvalue weighted by Gasteiger charge is -2.22. The van der Waals surface area contributed by atoms with Crippen LogP contribution in [0.5, 0.6) is 0 Å². The standard InChI is InChI=1S/C22H19N3O2/c26-20-13-17(22(27)24-12-10-15-5-1-2-8-18(15)24)14-25(20)19-9-3-6-16-7-4-11-23-21(16)19/h1-9,11,17H,10,12-14H2. The minimum atomic E-state index is -0.317. The van der Waals surface area contributed by atoms with Crippen molar-refractivity contribution < 1.29 is 9.59 Å². The van der Waals surface area contributed by atoms with Crippen molar-refractivity contribution in [3.05, 3.63) is 66.4 Å². The summed E-state index contributed by atoms with van der Waals surface area (Å²) in [6.07, 6.45) is 2.86. The van der Waals surface area contributed by atoms with Crippen molar-refractivity contribution in [3.8, 4) is 0 Å². The van der Waals surface area contributed by atoms with E-state index in [1.807, 2.05) is 53.4 Å². The normalized spacial score (nSPS) is 19.0. The van der Waals surface area contributed by atoms with Gasteiger partial charge in [0.25, 0.3) is 0 Å². The molecule has 5 rings (SSSR count). The second-order valence-corrected chi connectivity index (χ2v) is 7.13. The maximum Gasteiger partial charge on any atom is 0.232 e. The molecule has 5 heteroatoms. The van der Waals surface area contributed by atoms with Crippen LogP contribution in [-0.4, -0.2) is 29.9 Å². The molecule has 0 bridgehead atoms. The fourth-order valence-corrected chi connectivity index (χ4v) is 4.20. The summed E-state index contributed by atoms with van der Waals surface area (Å²) in [6, 6.07) is 17.7. The summed E-state index contributed by atoms with van der Waals surface area (Å²) in [7, 11) is 0. The molecule has 1 atom stereocenters. The molecule has 3 heterocycles. The van der Waals surface area contributed by atoms with E-state index in [2.05, 4.69) is 11.1 Å². The highest BCUT2D eigenvalue weighted by molar-refractivity contribution is 6.08. The number of para-hydroxylation sites is 2. The lowest BCUT2D eigenvalue weighted by atomic mass is 10.1. The van der Waals surface area contributed by atoms with Gasteiger partial charge in [0.1, 0.15) is 0 Å². The predicted molar refractivity (Wildman–Crippen MR) is 105 cm³/mol. The van der Waals surface area contributed by atoms with E-state index >= 15 is 0 Å². The molecule has 5 nitrogen and oxygen atoms in total. The van der Waals surface area contributed by atoms with Gasteiger partial charge in [-0.15, -0.1) is 0 Å². The maximum atomic E-state index is 13.1. The number of rotatable bonds is 2. The van der Waals surface area contributed by atoms with Gasteiger partial charge < -0.3 is 9.80 Å². The first-order valence-electron chi connectivity index (χ1n) is 9.26. The summed E-state index contributed by atoms with van der Waals surface area (Å²) >= 11 is 0. The molecule has 2 aromatic carbocycles. The minimum absolute atomic E-state index is 0.0148. The number of hydrogen-bond donors (Lipinski definition) is 0. The molecular formula is C22H19N3O2. The molecule has 0 spiro atoms. The van der Waals surface area contributed by atoms with Crippen LogP contribution in [0.3, 0.4) is 0 Å². The van der Waals surface area contributed by atoms with E-state index in [1.165, 1.54) is 5.56 Å². The highest BCUT2D eigenvalue weighted by Gasteiger charge is 2.39. The third-order valence-electron chi connectivity index (χ3n) is 5.53. The largest absolute Gasteiger partial charge is 0.312 e. The van der Waals surface area contributed by atoms with E-state index in [9.17, 15) is 9.59 Å². The number of pyridine rings is 1. The summed E-state index contributed by atoms with van der Waals surface area (Å²) < 4.78 is 0. The summed E-state index contributed by atoms with van der Waals surface area (Å²) in [4.78, 5) is 33.9. The Bertz CT molecular complexity index is 1060. The topological polar surface area (TPSA) is 53.5 Å². The monoisotopic (exact) mass is 357 g/mol. The Balaban J connectivity index is 1.43. The van der Waals surface area contributed by atoms with Crippen LogP contribution >= 0.6 is 0 Å². The lowest BCUT2D eigenvalue weighted by Crippen LogP contribution is -2.36. The summed E-state index contributed by atoms with van der Waals surface area (Å²) in [5.74, 6) is -0.286. The molecule has 134 valence electrons. The smallest absolute Gasteiger partial charge is 0.232 e. The highest BCUT2D eigenvalue weighted by atomic mass is 16.2. The zero-order valence-corrected chi connectivity index (χ0v) is 14.8. The average molecular weight is 357 g/mol. The average Bonchev–Trinajstić information content (AvgIpc) is 3.31. The van der Waals surface area contributed by atoms with Crippen LogP contribution < -0.4 is 9.80 Å². The Hall–Kier alpha value is -3.21. The molecule has 2 aliphatic rings. The molecule has 0 N–H and O–H groups in total. The van der Waals surface area contributed by atoms with E-state index < -0.39 is 0 Å². The van der Waals surface area contributed by atoms with Crippen LogP contribution in [0.4, 0.5) is 11.4 Å². The Labute approximate surface area is 157 Å². The highest BCUT2D eigenvalue weighted by Crippen LogP contribution is 2.34. The first-order chi connectivity index (χ1) is 13.2. The molecule has 1 unspecified atom stereocenters. The molecule has 27 heavy (non-hydrogen) atoms. The second kappa shape index (κ2) is 6.20. The fourth-order valence-electron chi connectivity index (χ4n) is 4.20. The van der Waals surface area contributed by atoms with Gasteiger partial charge in [-0.3, -0.25) is 14.6 Å². The molecule has 2 aliphatic heterocycles. The summed E-state index contributed by atoms with van der Waals surface area (Å²) in [5, 5.41) is 0.992. The number of amides is 2. The van der Waals surface area contributed by atoms with E-state index in [0.29, 0.717) is 13.1 Å². The fraction of sp³-hybridized carbons (Fsp3) is 0.227. The van der Waals surface area contributed by atoms with Gasteiger partial charge in [-0.05, 0) is 30.2 Å². The van der Waals surface area contributed by atoms with Crippen molar-refractivity contribution in [1.82, 2.24) is 4.98 Å². The number of aromatic nitrogens is 1. The number of benzene rings is 2. The molecule has 2 amide bonds. The van der Waals surface area contributed by atoms with E-state index in [1.54, 1.807) is 11.1 Å². The minimum Gasteiger partial charge on any atom is -0.312 e. The van der Waals surface area contributed by atoms with Crippen molar-refractivity contribution in [1.29, 1.82) is 0 Å². The van der Waals surface area contributed by atoms with Crippen molar-refractivity contribution in [2.24, 2.45) is 5.92 Å². The SMILES string of the molecule is O=C(C1CC(=O)N(c2cccc3cccnc23)C1)N1CCc2ccccc21. The Morgan fingerprint density at radius 3 is 2.74 bits per heavy atom. The van der Waals surface area contributed by atoms with Crippen molar-refractivity contribution >= 4 is 34.1 Å². The third-order valence-corrected chi connectivity index (χ3v) is 5.53. The van der Waals surface area contributed by atoms with Gasteiger partial charge in [0.15, 0.2) is 0 Å². The van der Waals surface area contributed by atoms with Crippen LogP contribution in [0.15, 0.2) is 60.8 Å². The number of anilines is 2. The predicted octanol–water partition coefficient (Wildman–Crippen LogP) is 3.18. The Morgan fingerprint density at radius 1 is 1.00 bits per heavy atom. The third kappa shape index (κ3) is 2.58. The van der Waals surface area contributed by atoms with Crippen molar-refractivity contribution in [3.63, 3.8) is 0 Å². The van der Waals surface area contributed by atoms with Gasteiger partial charge >= 0.3 is 0 Å². The molecule has 0 radical (unpaired) electrons. The quantitative estimate of drug-likeness (QED) is 0.708. The van der Waals surface area contributed by atoms with Crippen LogP contribution in [0.25, 0.3) is 10.9 Å². The number of fused-ring (bicyclic) bond motifs is 2. The molecular weight excluding hydrogens is 338 g/mol. The van der Waals surface area contributed by atoms with Gasteiger partial charge in [-0.2, -0.15) is 0 Å². The van der Waals surface area contributed by atoms with E-state index in [0.717, 1.165) is 28.7 Å². The van der Waals surface area contributed by atoms with Crippen molar-refractivity contribution in [2.75, 3.05) is 22.9 Å². The molecule has 0 aliphatic carbocycles. The molecule has 1 saturated heterocycles.